The van der Waals surface area contributed by atoms with E-state index in [4.69, 9.17) is 0 Å². The Labute approximate surface area is 115 Å². The molecule has 2 rings (SSSR count). The minimum absolute atomic E-state index is 0.0214. The third-order valence-corrected chi connectivity index (χ3v) is 3.50. The van der Waals surface area contributed by atoms with Crippen molar-refractivity contribution in [2.45, 2.75) is 52.0 Å². The van der Waals surface area contributed by atoms with Gasteiger partial charge in [0.1, 0.15) is 5.82 Å². The van der Waals surface area contributed by atoms with Gasteiger partial charge in [0.15, 0.2) is 0 Å². The molecule has 0 atom stereocenters. The first kappa shape index (κ1) is 13.8. The third-order valence-electron chi connectivity index (χ3n) is 3.50. The molecule has 0 saturated heterocycles. The number of rotatable bonds is 5. The van der Waals surface area contributed by atoms with Crippen molar-refractivity contribution in [2.24, 2.45) is 0 Å². The number of pyridine rings is 1. The summed E-state index contributed by atoms with van der Waals surface area (Å²) in [4.78, 5) is 16.7. The average Bonchev–Trinajstić information content (AvgIpc) is 2.33. The maximum Gasteiger partial charge on any atom is 0.251 e. The SMILES string of the molecule is CCNc1cc(C(=O)NC2CCC2)cc(C(C)C)n1. The zero-order valence-electron chi connectivity index (χ0n) is 12.0. The predicted octanol–water partition coefficient (Wildman–Crippen LogP) is 2.92. The number of nitrogens with one attached hydrogen (secondary N) is 2. The molecule has 0 radical (unpaired) electrons. The third kappa shape index (κ3) is 3.46. The van der Waals surface area contributed by atoms with Crippen molar-refractivity contribution in [3.8, 4) is 0 Å². The van der Waals surface area contributed by atoms with Crippen molar-refractivity contribution in [2.75, 3.05) is 11.9 Å². The Balaban J connectivity index is 2.19. The zero-order valence-corrected chi connectivity index (χ0v) is 12.0. The van der Waals surface area contributed by atoms with Crippen LogP contribution in [0.5, 0.6) is 0 Å². The van der Waals surface area contributed by atoms with Gasteiger partial charge >= 0.3 is 0 Å². The largest absolute Gasteiger partial charge is 0.370 e. The van der Waals surface area contributed by atoms with E-state index in [0.29, 0.717) is 17.5 Å². The van der Waals surface area contributed by atoms with Gasteiger partial charge in [-0.3, -0.25) is 4.79 Å². The monoisotopic (exact) mass is 261 g/mol. The number of anilines is 1. The molecule has 1 aliphatic carbocycles. The normalized spacial score (nSPS) is 15.2. The van der Waals surface area contributed by atoms with E-state index in [0.717, 1.165) is 30.9 Å². The molecule has 1 aromatic rings. The Kier molecular flexibility index (Phi) is 4.40. The van der Waals surface area contributed by atoms with Gasteiger partial charge in [0.05, 0.1) is 0 Å². The lowest BCUT2D eigenvalue weighted by Crippen LogP contribution is -2.39. The standard InChI is InChI=1S/C15H23N3O/c1-4-16-14-9-11(8-13(18-14)10(2)3)15(19)17-12-6-5-7-12/h8-10,12H,4-7H2,1-3H3,(H,16,18)(H,17,19). The number of nitrogens with zero attached hydrogens (tertiary/aromatic N) is 1. The quantitative estimate of drug-likeness (QED) is 0.857. The molecular weight excluding hydrogens is 238 g/mol. The molecule has 0 aliphatic heterocycles. The van der Waals surface area contributed by atoms with Gasteiger partial charge in [-0.05, 0) is 44.2 Å². The molecule has 0 bridgehead atoms. The van der Waals surface area contributed by atoms with Crippen LogP contribution in [0.15, 0.2) is 12.1 Å². The van der Waals surface area contributed by atoms with Crippen LogP contribution < -0.4 is 10.6 Å². The summed E-state index contributed by atoms with van der Waals surface area (Å²) < 4.78 is 0. The van der Waals surface area contributed by atoms with E-state index < -0.39 is 0 Å². The second kappa shape index (κ2) is 6.04. The van der Waals surface area contributed by atoms with Gasteiger partial charge in [-0.1, -0.05) is 13.8 Å². The molecular formula is C15H23N3O. The summed E-state index contributed by atoms with van der Waals surface area (Å²) >= 11 is 0. The lowest BCUT2D eigenvalue weighted by molar-refractivity contribution is 0.0917. The van der Waals surface area contributed by atoms with E-state index in [-0.39, 0.29) is 5.91 Å². The van der Waals surface area contributed by atoms with Gasteiger partial charge in [0, 0.05) is 23.8 Å². The molecule has 0 aromatic carbocycles. The van der Waals surface area contributed by atoms with Crippen LogP contribution >= 0.6 is 0 Å². The van der Waals surface area contributed by atoms with Crippen LogP contribution in [-0.4, -0.2) is 23.5 Å². The van der Waals surface area contributed by atoms with Crippen LogP contribution in [0.2, 0.25) is 0 Å². The van der Waals surface area contributed by atoms with Gasteiger partial charge in [-0.25, -0.2) is 4.98 Å². The molecule has 1 fully saturated rings. The Bertz CT molecular complexity index is 453. The lowest BCUT2D eigenvalue weighted by Gasteiger charge is -2.26. The lowest BCUT2D eigenvalue weighted by atomic mass is 9.93. The van der Waals surface area contributed by atoms with E-state index in [1.54, 1.807) is 0 Å². The van der Waals surface area contributed by atoms with Crippen LogP contribution in [0, 0.1) is 0 Å². The molecule has 19 heavy (non-hydrogen) atoms. The van der Waals surface area contributed by atoms with E-state index in [1.807, 2.05) is 19.1 Å². The first-order valence-electron chi connectivity index (χ1n) is 7.17. The highest BCUT2D eigenvalue weighted by atomic mass is 16.1. The topological polar surface area (TPSA) is 54.0 Å². The molecule has 1 heterocycles. The molecule has 4 heteroatoms. The zero-order chi connectivity index (χ0) is 13.8. The molecule has 1 saturated carbocycles. The van der Waals surface area contributed by atoms with E-state index >= 15 is 0 Å². The summed E-state index contributed by atoms with van der Waals surface area (Å²) in [7, 11) is 0. The number of carbonyl (C=O) groups is 1. The molecule has 0 spiro atoms. The highest BCUT2D eigenvalue weighted by molar-refractivity contribution is 5.95. The van der Waals surface area contributed by atoms with Crippen molar-refractivity contribution in [3.63, 3.8) is 0 Å². The smallest absolute Gasteiger partial charge is 0.251 e. The fraction of sp³-hybridized carbons (Fsp3) is 0.600. The van der Waals surface area contributed by atoms with Crippen LogP contribution in [0.25, 0.3) is 0 Å². The van der Waals surface area contributed by atoms with E-state index in [1.165, 1.54) is 6.42 Å². The molecule has 0 unspecified atom stereocenters. The second-order valence-electron chi connectivity index (χ2n) is 5.45. The van der Waals surface area contributed by atoms with Crippen LogP contribution in [0.3, 0.4) is 0 Å². The summed E-state index contributed by atoms with van der Waals surface area (Å²) in [6.45, 7) is 7.01. The first-order chi connectivity index (χ1) is 9.10. The molecule has 4 nitrogen and oxygen atoms in total. The van der Waals surface area contributed by atoms with Crippen molar-refractivity contribution in [3.05, 3.63) is 23.4 Å². The second-order valence-corrected chi connectivity index (χ2v) is 5.45. The van der Waals surface area contributed by atoms with Gasteiger partial charge in [-0.15, -0.1) is 0 Å². The van der Waals surface area contributed by atoms with Crippen molar-refractivity contribution in [1.82, 2.24) is 10.3 Å². The highest BCUT2D eigenvalue weighted by Crippen LogP contribution is 2.21. The number of hydrogen-bond donors (Lipinski definition) is 2. The number of amides is 1. The number of carbonyl (C=O) groups excluding carboxylic acids is 1. The molecule has 104 valence electrons. The van der Waals surface area contributed by atoms with Crippen molar-refractivity contribution in [1.29, 1.82) is 0 Å². The predicted molar refractivity (Wildman–Crippen MR) is 77.6 cm³/mol. The van der Waals surface area contributed by atoms with Crippen LogP contribution in [0.4, 0.5) is 5.82 Å². The van der Waals surface area contributed by atoms with E-state index in [9.17, 15) is 4.79 Å². The Morgan fingerprint density at radius 3 is 2.68 bits per heavy atom. The van der Waals surface area contributed by atoms with E-state index in [2.05, 4.69) is 29.5 Å². The number of aromatic nitrogens is 1. The summed E-state index contributed by atoms with van der Waals surface area (Å²) in [6.07, 6.45) is 3.43. The number of hydrogen-bond acceptors (Lipinski definition) is 3. The molecule has 1 aromatic heterocycles. The summed E-state index contributed by atoms with van der Waals surface area (Å²) in [5, 5.41) is 6.26. The Hall–Kier alpha value is -1.58. The van der Waals surface area contributed by atoms with Crippen molar-refractivity contribution < 1.29 is 4.79 Å². The molecule has 2 N–H and O–H groups in total. The maximum absolute atomic E-state index is 12.2. The first-order valence-corrected chi connectivity index (χ1v) is 7.17. The average molecular weight is 261 g/mol. The Morgan fingerprint density at radius 1 is 1.42 bits per heavy atom. The van der Waals surface area contributed by atoms with Gasteiger partial charge in [0.2, 0.25) is 0 Å². The highest BCUT2D eigenvalue weighted by Gasteiger charge is 2.21. The minimum Gasteiger partial charge on any atom is -0.370 e. The molecule has 1 amide bonds. The van der Waals surface area contributed by atoms with Gasteiger partial charge < -0.3 is 10.6 Å². The summed E-state index contributed by atoms with van der Waals surface area (Å²) in [6, 6.07) is 4.11. The van der Waals surface area contributed by atoms with Crippen LogP contribution in [0.1, 0.15) is 62.0 Å². The maximum atomic E-state index is 12.2. The molecule has 1 aliphatic rings. The van der Waals surface area contributed by atoms with Crippen molar-refractivity contribution >= 4 is 11.7 Å². The van der Waals surface area contributed by atoms with Gasteiger partial charge in [-0.2, -0.15) is 0 Å². The summed E-state index contributed by atoms with van der Waals surface area (Å²) in [5.41, 5.74) is 1.67. The van der Waals surface area contributed by atoms with Gasteiger partial charge in [0.25, 0.3) is 5.91 Å². The fourth-order valence-corrected chi connectivity index (χ4v) is 2.07. The Morgan fingerprint density at radius 2 is 2.16 bits per heavy atom. The van der Waals surface area contributed by atoms with Crippen LogP contribution in [-0.2, 0) is 0 Å². The fourth-order valence-electron chi connectivity index (χ4n) is 2.07. The minimum atomic E-state index is 0.0214. The summed E-state index contributed by atoms with van der Waals surface area (Å²) in [5.74, 6) is 1.12.